The summed E-state index contributed by atoms with van der Waals surface area (Å²) in [7, 11) is 0. The fraction of sp³-hybridized carbons (Fsp3) is 0.348. The number of piperidine rings is 1. The Balaban J connectivity index is 1.41. The molecule has 0 spiro atoms. The summed E-state index contributed by atoms with van der Waals surface area (Å²) >= 11 is 0. The Morgan fingerprint density at radius 2 is 1.65 bits per heavy atom. The maximum Gasteiger partial charge on any atom is 0.253 e. The van der Waals surface area contributed by atoms with Crippen molar-refractivity contribution in [2.24, 2.45) is 5.92 Å². The molecule has 1 aliphatic carbocycles. The summed E-state index contributed by atoms with van der Waals surface area (Å²) in [4.78, 5) is 14.9. The second-order valence-corrected chi connectivity index (χ2v) is 7.41. The number of carbonyl (C=O) groups excluding carboxylic acids is 1. The topological polar surface area (TPSA) is 40.5 Å². The van der Waals surface area contributed by atoms with Crippen LogP contribution in [0.25, 0.3) is 5.76 Å². The lowest BCUT2D eigenvalue weighted by molar-refractivity contribution is -0.128. The van der Waals surface area contributed by atoms with Gasteiger partial charge in [-0.2, -0.15) is 0 Å². The van der Waals surface area contributed by atoms with Crippen LogP contribution in [0.15, 0.2) is 60.2 Å². The molecule has 3 heteroatoms. The number of rotatable bonds is 3. The fourth-order valence-corrected chi connectivity index (χ4v) is 4.20. The molecular weight excluding hydrogens is 322 g/mol. The molecule has 0 aromatic heterocycles. The SMILES string of the molecule is O=C(C1=C(O)c2ccccc2CC1)N1CCC(Cc2ccccc2)CC1. The summed E-state index contributed by atoms with van der Waals surface area (Å²) in [6, 6.07) is 18.4. The maximum absolute atomic E-state index is 12.9. The van der Waals surface area contributed by atoms with Crippen LogP contribution < -0.4 is 0 Å². The van der Waals surface area contributed by atoms with Gasteiger partial charge in [-0.25, -0.2) is 0 Å². The van der Waals surface area contributed by atoms with Crippen LogP contribution in [0, 0.1) is 5.92 Å². The number of aliphatic hydroxyl groups excluding tert-OH is 1. The van der Waals surface area contributed by atoms with Crippen LogP contribution in [-0.4, -0.2) is 29.0 Å². The number of benzene rings is 2. The van der Waals surface area contributed by atoms with E-state index in [1.165, 1.54) is 5.56 Å². The van der Waals surface area contributed by atoms with Gasteiger partial charge in [0.25, 0.3) is 5.91 Å². The molecule has 134 valence electrons. The molecule has 3 nitrogen and oxygen atoms in total. The van der Waals surface area contributed by atoms with Gasteiger partial charge < -0.3 is 10.0 Å². The van der Waals surface area contributed by atoms with E-state index < -0.39 is 0 Å². The van der Waals surface area contributed by atoms with Crippen molar-refractivity contribution in [3.63, 3.8) is 0 Å². The molecule has 1 amide bonds. The highest BCUT2D eigenvalue weighted by molar-refractivity contribution is 6.00. The van der Waals surface area contributed by atoms with Crippen LogP contribution in [0.1, 0.15) is 36.0 Å². The predicted molar refractivity (Wildman–Crippen MR) is 104 cm³/mol. The average molecular weight is 347 g/mol. The first kappa shape index (κ1) is 16.9. The highest BCUT2D eigenvalue weighted by Gasteiger charge is 2.29. The minimum atomic E-state index is 0.0233. The molecule has 1 aliphatic heterocycles. The van der Waals surface area contributed by atoms with Crippen molar-refractivity contribution < 1.29 is 9.90 Å². The molecule has 0 unspecified atom stereocenters. The molecule has 2 aromatic carbocycles. The number of likely N-dealkylation sites (tertiary alicyclic amines) is 1. The Kier molecular flexibility index (Phi) is 4.79. The van der Waals surface area contributed by atoms with E-state index in [1.54, 1.807) is 0 Å². The predicted octanol–water partition coefficient (Wildman–Crippen LogP) is 4.38. The van der Waals surface area contributed by atoms with Crippen LogP contribution in [0.5, 0.6) is 0 Å². The van der Waals surface area contributed by atoms with Crippen LogP contribution >= 0.6 is 0 Å². The molecule has 4 rings (SSSR count). The van der Waals surface area contributed by atoms with Gasteiger partial charge in [0.2, 0.25) is 0 Å². The highest BCUT2D eigenvalue weighted by atomic mass is 16.3. The third-order valence-electron chi connectivity index (χ3n) is 5.73. The smallest absolute Gasteiger partial charge is 0.253 e. The molecule has 26 heavy (non-hydrogen) atoms. The lowest BCUT2D eigenvalue weighted by Crippen LogP contribution is -2.40. The molecule has 1 N–H and O–H groups in total. The van der Waals surface area contributed by atoms with Crippen LogP contribution in [0.3, 0.4) is 0 Å². The van der Waals surface area contributed by atoms with Gasteiger partial charge >= 0.3 is 0 Å². The molecule has 2 aliphatic rings. The van der Waals surface area contributed by atoms with Crippen molar-refractivity contribution in [2.45, 2.75) is 32.1 Å². The quantitative estimate of drug-likeness (QED) is 0.895. The van der Waals surface area contributed by atoms with Crippen molar-refractivity contribution in [3.8, 4) is 0 Å². The van der Waals surface area contributed by atoms with Crippen LogP contribution in [-0.2, 0) is 17.6 Å². The number of carbonyl (C=O) groups is 1. The van der Waals surface area contributed by atoms with E-state index in [4.69, 9.17) is 0 Å². The van der Waals surface area contributed by atoms with Gasteiger partial charge in [0, 0.05) is 18.7 Å². The first-order valence-corrected chi connectivity index (χ1v) is 9.56. The van der Waals surface area contributed by atoms with E-state index >= 15 is 0 Å². The Labute approximate surface area is 155 Å². The minimum absolute atomic E-state index is 0.0233. The fourth-order valence-electron chi connectivity index (χ4n) is 4.20. The van der Waals surface area contributed by atoms with Gasteiger partial charge in [-0.15, -0.1) is 0 Å². The third-order valence-corrected chi connectivity index (χ3v) is 5.73. The molecule has 2 aromatic rings. The third kappa shape index (κ3) is 3.39. The average Bonchev–Trinajstić information content (AvgIpc) is 2.69. The van der Waals surface area contributed by atoms with E-state index in [2.05, 4.69) is 24.3 Å². The Morgan fingerprint density at radius 1 is 0.962 bits per heavy atom. The molecule has 1 fully saturated rings. The van der Waals surface area contributed by atoms with Gasteiger partial charge in [0.15, 0.2) is 0 Å². The normalized spacial score (nSPS) is 17.9. The van der Waals surface area contributed by atoms with E-state index in [1.807, 2.05) is 35.2 Å². The van der Waals surface area contributed by atoms with E-state index in [0.29, 0.717) is 17.9 Å². The van der Waals surface area contributed by atoms with Crippen molar-refractivity contribution in [1.29, 1.82) is 0 Å². The maximum atomic E-state index is 12.9. The molecule has 0 bridgehead atoms. The molecule has 1 heterocycles. The molecular formula is C23H25NO2. The lowest BCUT2D eigenvalue weighted by atomic mass is 9.88. The van der Waals surface area contributed by atoms with Gasteiger partial charge in [-0.1, -0.05) is 54.6 Å². The zero-order valence-corrected chi connectivity index (χ0v) is 15.0. The van der Waals surface area contributed by atoms with Crippen molar-refractivity contribution in [2.75, 3.05) is 13.1 Å². The molecule has 1 saturated heterocycles. The van der Waals surface area contributed by atoms with E-state index in [-0.39, 0.29) is 11.7 Å². The number of aliphatic hydroxyl groups is 1. The zero-order valence-electron chi connectivity index (χ0n) is 15.0. The Hall–Kier alpha value is -2.55. The summed E-state index contributed by atoms with van der Waals surface area (Å²) in [6.07, 6.45) is 4.61. The minimum Gasteiger partial charge on any atom is -0.507 e. The van der Waals surface area contributed by atoms with Gasteiger partial charge in [0.1, 0.15) is 5.76 Å². The van der Waals surface area contributed by atoms with Crippen LogP contribution in [0.4, 0.5) is 0 Å². The number of aryl methyl sites for hydroxylation is 1. The first-order valence-electron chi connectivity index (χ1n) is 9.56. The van der Waals surface area contributed by atoms with E-state index in [9.17, 15) is 9.90 Å². The monoisotopic (exact) mass is 347 g/mol. The standard InChI is InChI=1S/C23H25NO2/c25-22-20-9-5-4-8-19(20)10-11-21(22)23(26)24-14-12-18(13-15-24)16-17-6-2-1-3-7-17/h1-9,18,25H,10-16H2. The first-order chi connectivity index (χ1) is 12.7. The van der Waals surface area contributed by atoms with E-state index in [0.717, 1.165) is 49.9 Å². The van der Waals surface area contributed by atoms with Gasteiger partial charge in [-0.05, 0) is 49.1 Å². The Morgan fingerprint density at radius 3 is 2.42 bits per heavy atom. The molecule has 0 radical (unpaired) electrons. The van der Waals surface area contributed by atoms with Crippen LogP contribution in [0.2, 0.25) is 0 Å². The summed E-state index contributed by atoms with van der Waals surface area (Å²) < 4.78 is 0. The largest absolute Gasteiger partial charge is 0.507 e. The van der Waals surface area contributed by atoms with Gasteiger partial charge in [0.05, 0.1) is 5.57 Å². The summed E-state index contributed by atoms with van der Waals surface area (Å²) in [5.74, 6) is 0.842. The van der Waals surface area contributed by atoms with Crippen molar-refractivity contribution >= 4 is 11.7 Å². The van der Waals surface area contributed by atoms with Crippen molar-refractivity contribution in [1.82, 2.24) is 4.90 Å². The summed E-state index contributed by atoms with van der Waals surface area (Å²) in [5, 5.41) is 10.6. The number of nitrogens with zero attached hydrogens (tertiary/aromatic N) is 1. The summed E-state index contributed by atoms with van der Waals surface area (Å²) in [6.45, 7) is 1.57. The second-order valence-electron chi connectivity index (χ2n) is 7.41. The number of fused-ring (bicyclic) bond motifs is 1. The Bertz CT molecular complexity index is 817. The number of hydrogen-bond acceptors (Lipinski definition) is 2. The lowest BCUT2D eigenvalue weighted by Gasteiger charge is -2.33. The molecule has 0 atom stereocenters. The number of hydrogen-bond donors (Lipinski definition) is 1. The number of amides is 1. The summed E-state index contributed by atoms with van der Waals surface area (Å²) in [5.41, 5.74) is 3.91. The second kappa shape index (κ2) is 7.36. The highest BCUT2D eigenvalue weighted by Crippen LogP contribution is 2.31. The zero-order chi connectivity index (χ0) is 17.9. The van der Waals surface area contributed by atoms with Gasteiger partial charge in [-0.3, -0.25) is 4.79 Å². The molecule has 0 saturated carbocycles. The van der Waals surface area contributed by atoms with Crippen molar-refractivity contribution in [3.05, 3.63) is 76.9 Å².